The molecule has 94 valence electrons. The average molecular weight is 302 g/mol. The Kier molecular flexibility index (Phi) is 5.44. The van der Waals surface area contributed by atoms with E-state index in [2.05, 4.69) is 15.9 Å². The van der Waals surface area contributed by atoms with E-state index >= 15 is 0 Å². The van der Waals surface area contributed by atoms with Gasteiger partial charge in [0, 0.05) is 24.7 Å². The van der Waals surface area contributed by atoms with Gasteiger partial charge in [-0.25, -0.2) is 4.79 Å². The molecule has 0 bridgehead atoms. The third-order valence-electron chi connectivity index (χ3n) is 2.48. The van der Waals surface area contributed by atoms with Crippen LogP contribution in [0.25, 0.3) is 0 Å². The lowest BCUT2D eigenvalue weighted by Crippen LogP contribution is -2.28. The number of aromatic carboxylic acids is 1. The van der Waals surface area contributed by atoms with Crippen LogP contribution in [0.4, 0.5) is 5.69 Å². The molecule has 0 saturated carbocycles. The summed E-state index contributed by atoms with van der Waals surface area (Å²) in [5.41, 5.74) is 1.03. The number of hydrogen-bond donors (Lipinski definition) is 1. The molecule has 0 aromatic heterocycles. The number of rotatable bonds is 6. The molecule has 1 N–H and O–H groups in total. The van der Waals surface area contributed by atoms with Crippen LogP contribution in [0.1, 0.15) is 17.3 Å². The first kappa shape index (κ1) is 14.0. The van der Waals surface area contributed by atoms with E-state index in [0.29, 0.717) is 24.4 Å². The molecule has 4 nitrogen and oxygen atoms in total. The fourth-order valence-corrected chi connectivity index (χ4v) is 1.95. The summed E-state index contributed by atoms with van der Waals surface area (Å²) in [6.45, 7) is 3.96. The molecule has 17 heavy (non-hydrogen) atoms. The van der Waals surface area contributed by atoms with Crippen LogP contribution < -0.4 is 4.90 Å². The smallest absolute Gasteiger partial charge is 0.337 e. The minimum absolute atomic E-state index is 0.311. The van der Waals surface area contributed by atoms with Crippen LogP contribution in [0.15, 0.2) is 22.7 Å². The standard InChI is InChI=1S/C12H16BrNO3/c1-3-14(6-7-17-2)11-8-9(13)4-5-10(11)12(15)16/h4-5,8H,3,6-7H2,1-2H3,(H,15,16). The number of carbonyl (C=O) groups is 1. The van der Waals surface area contributed by atoms with Crippen molar-refractivity contribution >= 4 is 27.6 Å². The van der Waals surface area contributed by atoms with E-state index in [1.165, 1.54) is 0 Å². The van der Waals surface area contributed by atoms with Crippen molar-refractivity contribution in [1.29, 1.82) is 0 Å². The van der Waals surface area contributed by atoms with Gasteiger partial charge in [-0.2, -0.15) is 0 Å². The highest BCUT2D eigenvalue weighted by Crippen LogP contribution is 2.25. The fraction of sp³-hybridized carbons (Fsp3) is 0.417. The Bertz CT molecular complexity index is 395. The third kappa shape index (κ3) is 3.71. The van der Waals surface area contributed by atoms with Gasteiger partial charge in [0.05, 0.1) is 17.9 Å². The van der Waals surface area contributed by atoms with Gasteiger partial charge in [-0.1, -0.05) is 15.9 Å². The van der Waals surface area contributed by atoms with Gasteiger partial charge in [0.2, 0.25) is 0 Å². The van der Waals surface area contributed by atoms with Crippen molar-refractivity contribution in [3.05, 3.63) is 28.2 Å². The van der Waals surface area contributed by atoms with Crippen LogP contribution in [0, 0.1) is 0 Å². The summed E-state index contributed by atoms with van der Waals surface area (Å²) in [6.07, 6.45) is 0. The Labute approximate surface area is 109 Å². The van der Waals surface area contributed by atoms with Gasteiger partial charge in [0.1, 0.15) is 0 Å². The topological polar surface area (TPSA) is 49.8 Å². The molecule has 0 spiro atoms. The molecule has 0 unspecified atom stereocenters. The summed E-state index contributed by atoms with van der Waals surface area (Å²) in [7, 11) is 1.63. The van der Waals surface area contributed by atoms with Gasteiger partial charge in [-0.15, -0.1) is 0 Å². The van der Waals surface area contributed by atoms with Crippen molar-refractivity contribution < 1.29 is 14.6 Å². The molecule has 1 rings (SSSR count). The second-order valence-electron chi connectivity index (χ2n) is 3.54. The van der Waals surface area contributed by atoms with Crippen molar-refractivity contribution in [3.8, 4) is 0 Å². The van der Waals surface area contributed by atoms with Gasteiger partial charge in [0.15, 0.2) is 0 Å². The van der Waals surface area contributed by atoms with Crippen molar-refractivity contribution in [1.82, 2.24) is 0 Å². The molecule has 0 amide bonds. The molecular formula is C12H16BrNO3. The predicted octanol–water partition coefficient (Wildman–Crippen LogP) is 2.62. The number of hydrogen-bond acceptors (Lipinski definition) is 3. The molecule has 0 aliphatic carbocycles. The highest BCUT2D eigenvalue weighted by atomic mass is 79.9. The first-order chi connectivity index (χ1) is 8.10. The molecule has 0 aliphatic rings. The highest BCUT2D eigenvalue weighted by molar-refractivity contribution is 9.10. The maximum absolute atomic E-state index is 11.2. The van der Waals surface area contributed by atoms with Crippen LogP contribution in [0.2, 0.25) is 0 Å². The lowest BCUT2D eigenvalue weighted by Gasteiger charge is -2.24. The van der Waals surface area contributed by atoms with Gasteiger partial charge < -0.3 is 14.7 Å². The van der Waals surface area contributed by atoms with Crippen LogP contribution in [0.5, 0.6) is 0 Å². The zero-order chi connectivity index (χ0) is 12.8. The van der Waals surface area contributed by atoms with Gasteiger partial charge in [-0.05, 0) is 25.1 Å². The number of carboxylic acid groups (broad SMARTS) is 1. The second-order valence-corrected chi connectivity index (χ2v) is 4.45. The minimum atomic E-state index is -0.914. The maximum Gasteiger partial charge on any atom is 0.337 e. The summed E-state index contributed by atoms with van der Waals surface area (Å²) < 4.78 is 5.89. The molecule has 0 saturated heterocycles. The Morgan fingerprint density at radius 2 is 2.24 bits per heavy atom. The van der Waals surface area contributed by atoms with Crippen molar-refractivity contribution in [2.75, 3.05) is 31.7 Å². The van der Waals surface area contributed by atoms with E-state index in [9.17, 15) is 4.79 Å². The van der Waals surface area contributed by atoms with Crippen molar-refractivity contribution in [2.24, 2.45) is 0 Å². The summed E-state index contributed by atoms with van der Waals surface area (Å²) in [4.78, 5) is 13.1. The number of likely N-dealkylation sites (N-methyl/N-ethyl adjacent to an activating group) is 1. The number of halogens is 1. The number of ether oxygens (including phenoxy) is 1. The first-order valence-electron chi connectivity index (χ1n) is 5.36. The average Bonchev–Trinajstić information content (AvgIpc) is 2.29. The normalized spacial score (nSPS) is 10.3. The molecule has 0 radical (unpaired) electrons. The Morgan fingerprint density at radius 3 is 2.76 bits per heavy atom. The summed E-state index contributed by atoms with van der Waals surface area (Å²) in [5, 5.41) is 9.15. The van der Waals surface area contributed by atoms with E-state index in [4.69, 9.17) is 9.84 Å². The zero-order valence-corrected chi connectivity index (χ0v) is 11.5. The van der Waals surface area contributed by atoms with Crippen LogP contribution >= 0.6 is 15.9 Å². The van der Waals surface area contributed by atoms with E-state index in [-0.39, 0.29) is 0 Å². The molecule has 0 fully saturated rings. The van der Waals surface area contributed by atoms with Gasteiger partial charge in [0.25, 0.3) is 0 Å². The van der Waals surface area contributed by atoms with Crippen LogP contribution in [-0.2, 0) is 4.74 Å². The Morgan fingerprint density at radius 1 is 1.53 bits per heavy atom. The lowest BCUT2D eigenvalue weighted by molar-refractivity contribution is 0.0697. The molecule has 0 atom stereocenters. The molecule has 1 aromatic rings. The largest absolute Gasteiger partial charge is 0.478 e. The molecule has 0 heterocycles. The number of nitrogens with zero attached hydrogens (tertiary/aromatic N) is 1. The second kappa shape index (κ2) is 6.61. The lowest BCUT2D eigenvalue weighted by atomic mass is 10.1. The number of benzene rings is 1. The van der Waals surface area contributed by atoms with Crippen LogP contribution in [-0.4, -0.2) is 37.9 Å². The maximum atomic E-state index is 11.2. The summed E-state index contributed by atoms with van der Waals surface area (Å²) in [6, 6.07) is 5.16. The van der Waals surface area contributed by atoms with E-state index in [1.54, 1.807) is 19.2 Å². The van der Waals surface area contributed by atoms with E-state index in [0.717, 1.165) is 11.0 Å². The third-order valence-corrected chi connectivity index (χ3v) is 2.97. The van der Waals surface area contributed by atoms with E-state index < -0.39 is 5.97 Å². The molecule has 1 aromatic carbocycles. The molecular weight excluding hydrogens is 286 g/mol. The summed E-state index contributed by atoms with van der Waals surface area (Å²) >= 11 is 3.36. The molecule has 5 heteroatoms. The minimum Gasteiger partial charge on any atom is -0.478 e. The van der Waals surface area contributed by atoms with Crippen molar-refractivity contribution in [3.63, 3.8) is 0 Å². The van der Waals surface area contributed by atoms with Gasteiger partial charge >= 0.3 is 5.97 Å². The predicted molar refractivity (Wildman–Crippen MR) is 70.9 cm³/mol. The Hall–Kier alpha value is -1.07. The highest BCUT2D eigenvalue weighted by Gasteiger charge is 2.15. The summed E-state index contributed by atoms with van der Waals surface area (Å²) in [5.74, 6) is -0.914. The van der Waals surface area contributed by atoms with Gasteiger partial charge in [-0.3, -0.25) is 0 Å². The number of carboxylic acids is 1. The SMILES string of the molecule is CCN(CCOC)c1cc(Br)ccc1C(=O)O. The monoisotopic (exact) mass is 301 g/mol. The van der Waals surface area contributed by atoms with E-state index in [1.807, 2.05) is 17.9 Å². The quantitative estimate of drug-likeness (QED) is 0.877. The number of methoxy groups -OCH3 is 1. The number of anilines is 1. The van der Waals surface area contributed by atoms with Crippen molar-refractivity contribution in [2.45, 2.75) is 6.92 Å². The Balaban J connectivity index is 3.06. The molecule has 0 aliphatic heterocycles. The first-order valence-corrected chi connectivity index (χ1v) is 6.16. The fourth-order valence-electron chi connectivity index (χ4n) is 1.60. The zero-order valence-electron chi connectivity index (χ0n) is 9.94. The van der Waals surface area contributed by atoms with Crippen LogP contribution in [0.3, 0.4) is 0 Å².